The summed E-state index contributed by atoms with van der Waals surface area (Å²) in [5.41, 5.74) is 1.06. The lowest BCUT2D eigenvalue weighted by atomic mass is 10.1. The van der Waals surface area contributed by atoms with Gasteiger partial charge in [0.25, 0.3) is 0 Å². The molecular formula is C13H18ClNO3. The minimum atomic E-state index is -0.0936. The molecule has 2 rings (SSSR count). The summed E-state index contributed by atoms with van der Waals surface area (Å²) in [5.74, 6) is 0.839. The molecule has 1 aromatic rings. The molecule has 0 bridgehead atoms. The highest BCUT2D eigenvalue weighted by Crippen LogP contribution is 2.24. The Bertz CT molecular complexity index is 400. The van der Waals surface area contributed by atoms with Gasteiger partial charge in [-0.2, -0.15) is 0 Å². The zero-order valence-electron chi connectivity index (χ0n) is 10.4. The van der Waals surface area contributed by atoms with Crippen LogP contribution in [0.25, 0.3) is 0 Å². The number of halogens is 1. The van der Waals surface area contributed by atoms with E-state index >= 15 is 0 Å². The van der Waals surface area contributed by atoms with Crippen molar-refractivity contribution in [3.8, 4) is 5.75 Å². The van der Waals surface area contributed by atoms with Gasteiger partial charge in [-0.25, -0.2) is 0 Å². The summed E-state index contributed by atoms with van der Waals surface area (Å²) >= 11 is 6.01. The van der Waals surface area contributed by atoms with Crippen molar-refractivity contribution >= 4 is 11.6 Å². The molecule has 1 saturated heterocycles. The molecule has 0 amide bonds. The Morgan fingerprint density at radius 2 is 2.39 bits per heavy atom. The first-order valence-electron chi connectivity index (χ1n) is 6.00. The van der Waals surface area contributed by atoms with Crippen molar-refractivity contribution in [2.45, 2.75) is 12.6 Å². The van der Waals surface area contributed by atoms with Gasteiger partial charge in [0.05, 0.1) is 26.4 Å². The van der Waals surface area contributed by atoms with Gasteiger partial charge in [-0.3, -0.25) is 4.90 Å². The summed E-state index contributed by atoms with van der Waals surface area (Å²) in [7, 11) is 1.66. The lowest BCUT2D eigenvalue weighted by Crippen LogP contribution is -2.43. The molecule has 100 valence electrons. The molecule has 1 aliphatic heterocycles. The molecule has 5 heteroatoms. The molecule has 1 aromatic carbocycles. The van der Waals surface area contributed by atoms with Crippen molar-refractivity contribution in [1.82, 2.24) is 4.90 Å². The zero-order chi connectivity index (χ0) is 13.0. The third kappa shape index (κ3) is 3.36. The van der Waals surface area contributed by atoms with Crippen LogP contribution >= 0.6 is 11.6 Å². The minimum absolute atomic E-state index is 0.0587. The van der Waals surface area contributed by atoms with Crippen molar-refractivity contribution in [3.05, 3.63) is 28.8 Å². The Labute approximate surface area is 112 Å². The number of methoxy groups -OCH3 is 1. The van der Waals surface area contributed by atoms with Crippen molar-refractivity contribution in [1.29, 1.82) is 0 Å². The van der Waals surface area contributed by atoms with Gasteiger partial charge >= 0.3 is 0 Å². The van der Waals surface area contributed by atoms with Gasteiger partial charge in [-0.15, -0.1) is 0 Å². The lowest BCUT2D eigenvalue weighted by molar-refractivity contribution is -0.0552. The van der Waals surface area contributed by atoms with Crippen LogP contribution in [0.15, 0.2) is 18.2 Å². The number of aliphatic hydroxyl groups is 1. The number of hydrogen-bond donors (Lipinski definition) is 1. The van der Waals surface area contributed by atoms with Gasteiger partial charge in [0.15, 0.2) is 0 Å². The largest absolute Gasteiger partial charge is 0.496 e. The second-order valence-electron chi connectivity index (χ2n) is 4.37. The van der Waals surface area contributed by atoms with E-state index in [9.17, 15) is 0 Å². The van der Waals surface area contributed by atoms with E-state index in [2.05, 4.69) is 4.90 Å². The highest BCUT2D eigenvalue weighted by molar-refractivity contribution is 6.30. The molecule has 1 aliphatic rings. The Morgan fingerprint density at radius 1 is 1.56 bits per heavy atom. The molecule has 1 atom stereocenters. The van der Waals surface area contributed by atoms with E-state index in [1.807, 2.05) is 18.2 Å². The van der Waals surface area contributed by atoms with Gasteiger partial charge in [0, 0.05) is 30.2 Å². The smallest absolute Gasteiger partial charge is 0.123 e. The van der Waals surface area contributed by atoms with Crippen LogP contribution in [-0.4, -0.2) is 49.5 Å². The average molecular weight is 272 g/mol. The van der Waals surface area contributed by atoms with Crippen LogP contribution in [0.2, 0.25) is 5.02 Å². The normalized spacial score (nSPS) is 20.9. The highest BCUT2D eigenvalue weighted by atomic mass is 35.5. The number of nitrogens with zero attached hydrogens (tertiary/aromatic N) is 1. The van der Waals surface area contributed by atoms with Crippen LogP contribution in [0.5, 0.6) is 5.75 Å². The number of hydrogen-bond acceptors (Lipinski definition) is 4. The van der Waals surface area contributed by atoms with Crippen molar-refractivity contribution in [2.75, 3.05) is 33.4 Å². The van der Waals surface area contributed by atoms with E-state index in [1.54, 1.807) is 7.11 Å². The maximum atomic E-state index is 9.12. The Balaban J connectivity index is 2.06. The number of benzene rings is 1. The summed E-state index contributed by atoms with van der Waals surface area (Å²) in [6.07, 6.45) is -0.0936. The van der Waals surface area contributed by atoms with E-state index in [4.69, 9.17) is 26.2 Å². The monoisotopic (exact) mass is 271 g/mol. The molecule has 0 aliphatic carbocycles. The van der Waals surface area contributed by atoms with E-state index < -0.39 is 0 Å². The second-order valence-corrected chi connectivity index (χ2v) is 4.80. The van der Waals surface area contributed by atoms with Crippen LogP contribution in [-0.2, 0) is 11.3 Å². The Kier molecular flexibility index (Phi) is 4.83. The fourth-order valence-corrected chi connectivity index (χ4v) is 2.34. The predicted molar refractivity (Wildman–Crippen MR) is 70.1 cm³/mol. The third-order valence-corrected chi connectivity index (χ3v) is 3.30. The van der Waals surface area contributed by atoms with Gasteiger partial charge in [-0.1, -0.05) is 11.6 Å². The summed E-state index contributed by atoms with van der Waals surface area (Å²) in [5, 5.41) is 9.83. The molecule has 18 heavy (non-hydrogen) atoms. The topological polar surface area (TPSA) is 41.9 Å². The van der Waals surface area contributed by atoms with Gasteiger partial charge in [0.1, 0.15) is 5.75 Å². The minimum Gasteiger partial charge on any atom is -0.496 e. The molecule has 0 spiro atoms. The molecular weight excluding hydrogens is 254 g/mol. The van der Waals surface area contributed by atoms with Crippen molar-refractivity contribution in [2.24, 2.45) is 0 Å². The molecule has 0 aromatic heterocycles. The summed E-state index contributed by atoms with van der Waals surface area (Å²) in [6.45, 7) is 3.04. The van der Waals surface area contributed by atoms with Crippen LogP contribution in [0.1, 0.15) is 5.56 Å². The van der Waals surface area contributed by atoms with Gasteiger partial charge in [0.2, 0.25) is 0 Å². The Morgan fingerprint density at radius 3 is 3.11 bits per heavy atom. The first-order valence-corrected chi connectivity index (χ1v) is 6.38. The third-order valence-electron chi connectivity index (χ3n) is 3.06. The molecule has 0 radical (unpaired) electrons. The summed E-state index contributed by atoms with van der Waals surface area (Å²) in [6, 6.07) is 5.62. The quantitative estimate of drug-likeness (QED) is 0.902. The fourth-order valence-electron chi connectivity index (χ4n) is 2.15. The zero-order valence-corrected chi connectivity index (χ0v) is 11.2. The number of morpholine rings is 1. The maximum Gasteiger partial charge on any atom is 0.123 e. The first kappa shape index (κ1) is 13.6. The second kappa shape index (κ2) is 6.38. The van der Waals surface area contributed by atoms with E-state index in [1.165, 1.54) is 0 Å². The van der Waals surface area contributed by atoms with Crippen LogP contribution in [0.4, 0.5) is 0 Å². The first-order chi connectivity index (χ1) is 8.72. The van der Waals surface area contributed by atoms with Crippen molar-refractivity contribution < 1.29 is 14.6 Å². The predicted octanol–water partition coefficient (Wildman–Crippen LogP) is 1.54. The van der Waals surface area contributed by atoms with Crippen LogP contribution in [0, 0.1) is 0 Å². The standard InChI is InChI=1S/C13H18ClNO3/c1-17-13-3-2-11(14)6-10(13)7-15-4-5-18-12(8-15)9-16/h2-3,6,12,16H,4-5,7-9H2,1H3. The number of ether oxygens (including phenoxy) is 2. The molecule has 4 nitrogen and oxygen atoms in total. The SMILES string of the molecule is COc1ccc(Cl)cc1CN1CCOC(CO)C1. The van der Waals surface area contributed by atoms with Crippen LogP contribution < -0.4 is 4.74 Å². The number of aliphatic hydroxyl groups excluding tert-OH is 1. The maximum absolute atomic E-state index is 9.12. The molecule has 0 saturated carbocycles. The highest BCUT2D eigenvalue weighted by Gasteiger charge is 2.20. The van der Waals surface area contributed by atoms with E-state index in [-0.39, 0.29) is 12.7 Å². The summed E-state index contributed by atoms with van der Waals surface area (Å²) in [4.78, 5) is 2.23. The molecule has 1 unspecified atom stereocenters. The van der Waals surface area contributed by atoms with E-state index in [0.29, 0.717) is 11.6 Å². The Hall–Kier alpha value is -0.810. The van der Waals surface area contributed by atoms with Crippen LogP contribution in [0.3, 0.4) is 0 Å². The number of rotatable bonds is 4. The summed E-state index contributed by atoms with van der Waals surface area (Å²) < 4.78 is 10.8. The molecule has 1 heterocycles. The van der Waals surface area contributed by atoms with Gasteiger partial charge in [-0.05, 0) is 18.2 Å². The van der Waals surface area contributed by atoms with E-state index in [0.717, 1.165) is 30.9 Å². The van der Waals surface area contributed by atoms with Crippen molar-refractivity contribution in [3.63, 3.8) is 0 Å². The lowest BCUT2D eigenvalue weighted by Gasteiger charge is -2.32. The van der Waals surface area contributed by atoms with Gasteiger partial charge < -0.3 is 14.6 Å². The average Bonchev–Trinajstić information content (AvgIpc) is 2.39. The fraction of sp³-hybridized carbons (Fsp3) is 0.538. The molecule has 1 fully saturated rings. The molecule has 1 N–H and O–H groups in total.